The fourth-order valence-electron chi connectivity index (χ4n) is 2.24. The van der Waals surface area contributed by atoms with E-state index in [4.69, 9.17) is 0 Å². The fraction of sp³-hybridized carbons (Fsp3) is 0.0556. The van der Waals surface area contributed by atoms with Crippen molar-refractivity contribution in [3.63, 3.8) is 0 Å². The monoisotopic (exact) mass is 299 g/mol. The minimum atomic E-state index is -4.41. The van der Waals surface area contributed by atoms with Gasteiger partial charge < -0.3 is 0 Å². The van der Waals surface area contributed by atoms with Crippen LogP contribution in [0.2, 0.25) is 0 Å². The maximum atomic E-state index is 12.5. The second kappa shape index (κ2) is 5.64. The molecule has 0 aliphatic rings. The van der Waals surface area contributed by atoms with Crippen LogP contribution in [0, 0.1) is 0 Å². The molecule has 2 aromatic carbocycles. The molecule has 0 N–H and O–H groups in total. The molecule has 0 amide bonds. The van der Waals surface area contributed by atoms with Crippen LogP contribution in [-0.2, 0) is 6.18 Å². The number of hydrogen-bond acceptors (Lipinski definition) is 1. The third-order valence-electron chi connectivity index (χ3n) is 3.36. The molecule has 1 heterocycles. The highest BCUT2D eigenvalue weighted by molar-refractivity contribution is 5.72. The third kappa shape index (κ3) is 3.01. The van der Waals surface area contributed by atoms with Gasteiger partial charge in [-0.15, -0.1) is 0 Å². The Morgan fingerprint density at radius 3 is 1.86 bits per heavy atom. The Morgan fingerprint density at radius 2 is 1.27 bits per heavy atom. The first kappa shape index (κ1) is 14.3. The van der Waals surface area contributed by atoms with Crippen molar-refractivity contribution < 1.29 is 13.2 Å². The van der Waals surface area contributed by atoms with Gasteiger partial charge in [-0.25, -0.2) is 0 Å². The Labute approximate surface area is 126 Å². The topological polar surface area (TPSA) is 12.9 Å². The summed E-state index contributed by atoms with van der Waals surface area (Å²) in [6.45, 7) is 0. The molecule has 0 saturated heterocycles. The van der Waals surface area contributed by atoms with Crippen molar-refractivity contribution in [3.8, 4) is 22.3 Å². The van der Waals surface area contributed by atoms with Crippen molar-refractivity contribution in [1.82, 2.24) is 4.98 Å². The molecule has 0 bridgehead atoms. The minimum Gasteiger partial charge on any atom is -0.251 e. The molecular formula is C18H12F3N. The van der Waals surface area contributed by atoms with Gasteiger partial charge in [-0.1, -0.05) is 54.6 Å². The first-order valence-electron chi connectivity index (χ1n) is 6.73. The third-order valence-corrected chi connectivity index (χ3v) is 3.36. The molecule has 4 heteroatoms. The molecule has 3 rings (SSSR count). The lowest BCUT2D eigenvalue weighted by Crippen LogP contribution is -2.07. The zero-order valence-electron chi connectivity index (χ0n) is 11.5. The molecular weight excluding hydrogens is 287 g/mol. The van der Waals surface area contributed by atoms with Gasteiger partial charge >= 0.3 is 6.18 Å². The summed E-state index contributed by atoms with van der Waals surface area (Å²) < 4.78 is 37.6. The second-order valence-corrected chi connectivity index (χ2v) is 4.88. The van der Waals surface area contributed by atoms with Crippen molar-refractivity contribution in [2.24, 2.45) is 0 Å². The molecule has 0 aliphatic heterocycles. The van der Waals surface area contributed by atoms with Crippen LogP contribution in [0.4, 0.5) is 13.2 Å². The van der Waals surface area contributed by atoms with E-state index in [0.717, 1.165) is 22.8 Å². The van der Waals surface area contributed by atoms with E-state index in [1.165, 1.54) is 12.3 Å². The van der Waals surface area contributed by atoms with E-state index in [2.05, 4.69) is 4.98 Å². The maximum Gasteiger partial charge on any atom is 0.433 e. The van der Waals surface area contributed by atoms with Gasteiger partial charge in [0.1, 0.15) is 5.69 Å². The van der Waals surface area contributed by atoms with Crippen LogP contribution in [0.1, 0.15) is 5.69 Å². The van der Waals surface area contributed by atoms with Crippen molar-refractivity contribution >= 4 is 0 Å². The molecule has 110 valence electrons. The Morgan fingerprint density at radius 1 is 0.636 bits per heavy atom. The highest BCUT2D eigenvalue weighted by Crippen LogP contribution is 2.30. The Bertz CT molecular complexity index is 762. The zero-order valence-corrected chi connectivity index (χ0v) is 11.5. The molecule has 3 aromatic rings. The molecule has 22 heavy (non-hydrogen) atoms. The van der Waals surface area contributed by atoms with E-state index in [0.29, 0.717) is 5.56 Å². The smallest absolute Gasteiger partial charge is 0.251 e. The van der Waals surface area contributed by atoms with Crippen LogP contribution in [-0.4, -0.2) is 4.98 Å². The summed E-state index contributed by atoms with van der Waals surface area (Å²) >= 11 is 0. The quantitative estimate of drug-likeness (QED) is 0.614. The number of alkyl halides is 3. The highest BCUT2D eigenvalue weighted by Gasteiger charge is 2.32. The lowest BCUT2D eigenvalue weighted by atomic mass is 10.00. The average molecular weight is 299 g/mol. The van der Waals surface area contributed by atoms with Crippen molar-refractivity contribution in [1.29, 1.82) is 0 Å². The lowest BCUT2D eigenvalue weighted by Gasteiger charge is -2.08. The Hall–Kier alpha value is -2.62. The number of nitrogens with zero attached hydrogens (tertiary/aromatic N) is 1. The number of hydrogen-bond donors (Lipinski definition) is 0. The van der Waals surface area contributed by atoms with Crippen molar-refractivity contribution in [2.75, 3.05) is 0 Å². The molecule has 0 atom stereocenters. The molecule has 0 aliphatic carbocycles. The van der Waals surface area contributed by atoms with Gasteiger partial charge in [0.25, 0.3) is 0 Å². The maximum absolute atomic E-state index is 12.5. The number of rotatable bonds is 2. The van der Waals surface area contributed by atoms with E-state index < -0.39 is 11.9 Å². The van der Waals surface area contributed by atoms with Gasteiger partial charge in [0.15, 0.2) is 0 Å². The van der Waals surface area contributed by atoms with Gasteiger partial charge in [0.05, 0.1) is 0 Å². The Kier molecular flexibility index (Phi) is 3.67. The normalized spacial score (nSPS) is 11.4. The fourth-order valence-corrected chi connectivity index (χ4v) is 2.24. The second-order valence-electron chi connectivity index (χ2n) is 4.88. The lowest BCUT2D eigenvalue weighted by molar-refractivity contribution is -0.141. The van der Waals surface area contributed by atoms with E-state index >= 15 is 0 Å². The molecule has 0 fully saturated rings. The largest absolute Gasteiger partial charge is 0.433 e. The summed E-state index contributed by atoms with van der Waals surface area (Å²) in [5.74, 6) is 0. The van der Waals surface area contributed by atoms with Crippen LogP contribution in [0.25, 0.3) is 22.3 Å². The van der Waals surface area contributed by atoms with E-state index in [1.54, 1.807) is 0 Å². The zero-order chi connectivity index (χ0) is 15.6. The summed E-state index contributed by atoms with van der Waals surface area (Å²) in [4.78, 5) is 3.50. The standard InChI is InChI=1S/C18H12F3N/c19-18(20,21)17-10-9-16(12-22-17)15-8-4-7-14(11-15)13-5-2-1-3-6-13/h1-12H. The van der Waals surface area contributed by atoms with Gasteiger partial charge in [0, 0.05) is 11.8 Å². The molecule has 0 unspecified atom stereocenters. The minimum absolute atomic E-state index is 0.658. The highest BCUT2D eigenvalue weighted by atomic mass is 19.4. The van der Waals surface area contributed by atoms with E-state index in [9.17, 15) is 13.2 Å². The van der Waals surface area contributed by atoms with Crippen LogP contribution >= 0.6 is 0 Å². The summed E-state index contributed by atoms with van der Waals surface area (Å²) in [7, 11) is 0. The van der Waals surface area contributed by atoms with Crippen LogP contribution in [0.15, 0.2) is 72.9 Å². The number of pyridine rings is 1. The van der Waals surface area contributed by atoms with Crippen molar-refractivity contribution in [2.45, 2.75) is 6.18 Å². The number of halogens is 3. The molecule has 0 spiro atoms. The van der Waals surface area contributed by atoms with Crippen LogP contribution in [0.3, 0.4) is 0 Å². The van der Waals surface area contributed by atoms with Crippen molar-refractivity contribution in [3.05, 3.63) is 78.6 Å². The SMILES string of the molecule is FC(F)(F)c1ccc(-c2cccc(-c3ccccc3)c2)cn1. The predicted octanol–water partition coefficient (Wildman–Crippen LogP) is 5.43. The van der Waals surface area contributed by atoms with E-state index in [1.807, 2.05) is 54.6 Å². The first-order chi connectivity index (χ1) is 10.5. The molecule has 1 nitrogen and oxygen atoms in total. The van der Waals surface area contributed by atoms with Crippen LogP contribution in [0.5, 0.6) is 0 Å². The summed E-state index contributed by atoms with van der Waals surface area (Å²) in [5, 5.41) is 0. The van der Waals surface area contributed by atoms with Gasteiger partial charge in [-0.05, 0) is 28.8 Å². The Balaban J connectivity index is 1.96. The van der Waals surface area contributed by atoms with E-state index in [-0.39, 0.29) is 0 Å². The van der Waals surface area contributed by atoms with Gasteiger partial charge in [-0.2, -0.15) is 13.2 Å². The molecule has 0 saturated carbocycles. The first-order valence-corrected chi connectivity index (χ1v) is 6.73. The summed E-state index contributed by atoms with van der Waals surface area (Å²) in [6.07, 6.45) is -3.16. The number of benzene rings is 2. The molecule has 0 radical (unpaired) electrons. The summed E-state index contributed by atoms with van der Waals surface area (Å²) in [6, 6.07) is 19.9. The average Bonchev–Trinajstić information content (AvgIpc) is 2.55. The predicted molar refractivity (Wildman–Crippen MR) is 80.1 cm³/mol. The summed E-state index contributed by atoms with van der Waals surface area (Å²) in [5.41, 5.74) is 2.69. The molecule has 1 aromatic heterocycles. The number of aromatic nitrogens is 1. The van der Waals surface area contributed by atoms with Crippen LogP contribution < -0.4 is 0 Å². The van der Waals surface area contributed by atoms with Gasteiger partial charge in [0.2, 0.25) is 0 Å². The van der Waals surface area contributed by atoms with Gasteiger partial charge in [-0.3, -0.25) is 4.98 Å².